The summed E-state index contributed by atoms with van der Waals surface area (Å²) in [5.74, 6) is -0.173. The van der Waals surface area contributed by atoms with Crippen molar-refractivity contribution in [3.05, 3.63) is 123 Å². The van der Waals surface area contributed by atoms with Crippen LogP contribution in [0.5, 0.6) is 0 Å². The van der Waals surface area contributed by atoms with Crippen molar-refractivity contribution in [2.45, 2.75) is 24.7 Å². The average Bonchev–Trinajstić information content (AvgIpc) is 3.11. The highest BCUT2D eigenvalue weighted by atomic mass is 35.5. The van der Waals surface area contributed by atoms with Gasteiger partial charge in [-0.1, -0.05) is 78.3 Å². The van der Waals surface area contributed by atoms with Gasteiger partial charge in [0, 0.05) is 45.3 Å². The van der Waals surface area contributed by atoms with Gasteiger partial charge in [-0.3, -0.25) is 9.59 Å². The van der Waals surface area contributed by atoms with Crippen molar-refractivity contribution in [3.8, 4) is 0 Å². The van der Waals surface area contributed by atoms with Crippen LogP contribution in [-0.4, -0.2) is 11.6 Å². The lowest BCUT2D eigenvalue weighted by atomic mass is 9.71. The van der Waals surface area contributed by atoms with E-state index in [2.05, 4.69) is 17.4 Å². The molecule has 4 heteroatoms. The number of rotatable bonds is 2. The number of nitrogens with one attached hydrogen (secondary N) is 1. The zero-order chi connectivity index (χ0) is 21.8. The normalized spacial score (nSPS) is 21.8. The molecular weight excluding hydrogens is 418 g/mol. The van der Waals surface area contributed by atoms with Gasteiger partial charge in [-0.25, -0.2) is 0 Å². The summed E-state index contributed by atoms with van der Waals surface area (Å²) in [6.45, 7) is 0. The monoisotopic (exact) mass is 437 g/mol. The number of carbonyl (C=O) groups is 2. The van der Waals surface area contributed by atoms with Gasteiger partial charge in [-0.15, -0.1) is 0 Å². The number of halogens is 1. The molecular formula is C28H20ClNO2. The molecule has 6 rings (SSSR count). The number of dihydropyridines is 1. The Morgan fingerprint density at radius 1 is 0.719 bits per heavy atom. The molecule has 0 fully saturated rings. The lowest BCUT2D eigenvalue weighted by Gasteiger charge is -2.36. The number of benzene rings is 3. The molecule has 3 nitrogen and oxygen atoms in total. The number of hydrogen-bond acceptors (Lipinski definition) is 3. The van der Waals surface area contributed by atoms with E-state index in [0.717, 1.165) is 34.5 Å². The van der Waals surface area contributed by atoms with E-state index in [9.17, 15) is 9.59 Å². The summed E-state index contributed by atoms with van der Waals surface area (Å²) in [5.41, 5.74) is 6.84. The van der Waals surface area contributed by atoms with Crippen LogP contribution >= 0.6 is 11.6 Å². The largest absolute Gasteiger partial charge is 0.358 e. The minimum Gasteiger partial charge on any atom is -0.358 e. The van der Waals surface area contributed by atoms with Crippen molar-refractivity contribution in [3.63, 3.8) is 0 Å². The summed E-state index contributed by atoms with van der Waals surface area (Å²) < 4.78 is 0. The van der Waals surface area contributed by atoms with Gasteiger partial charge < -0.3 is 5.32 Å². The quantitative estimate of drug-likeness (QED) is 0.532. The van der Waals surface area contributed by atoms with Crippen LogP contribution in [0.4, 0.5) is 0 Å². The van der Waals surface area contributed by atoms with Crippen LogP contribution in [0.2, 0.25) is 5.02 Å². The van der Waals surface area contributed by atoms with Crippen LogP contribution in [-0.2, 0) is 4.79 Å². The van der Waals surface area contributed by atoms with Gasteiger partial charge in [0.25, 0.3) is 0 Å². The Labute approximate surface area is 191 Å². The zero-order valence-corrected chi connectivity index (χ0v) is 18.0. The standard InChI is InChI=1S/C28H20ClNO2/c29-19-12-10-17(11-13-19)24-25-22(14-18(15-23(25)31)16-6-2-1-3-7-16)30-27-20-8-4-5-9-21(20)28(32)26(24)27/h1-13,18,24,30H,14-15H2/t18-,24+/m1/s1. The third-order valence-electron chi connectivity index (χ3n) is 6.79. The van der Waals surface area contributed by atoms with Crippen LogP contribution in [0.3, 0.4) is 0 Å². The van der Waals surface area contributed by atoms with E-state index < -0.39 is 0 Å². The molecule has 0 radical (unpaired) electrons. The highest BCUT2D eigenvalue weighted by Crippen LogP contribution is 2.50. The maximum absolute atomic E-state index is 13.6. The van der Waals surface area contributed by atoms with Crippen LogP contribution in [0.25, 0.3) is 5.70 Å². The third kappa shape index (κ3) is 2.89. The second-order valence-corrected chi connectivity index (χ2v) is 9.04. The van der Waals surface area contributed by atoms with E-state index in [4.69, 9.17) is 11.6 Å². The average molecular weight is 438 g/mol. The first kappa shape index (κ1) is 19.3. The summed E-state index contributed by atoms with van der Waals surface area (Å²) in [4.78, 5) is 27.1. The van der Waals surface area contributed by atoms with Crippen LogP contribution in [0, 0.1) is 0 Å². The van der Waals surface area contributed by atoms with E-state index in [1.54, 1.807) is 0 Å². The summed E-state index contributed by atoms with van der Waals surface area (Å²) >= 11 is 6.15. The van der Waals surface area contributed by atoms with Crippen molar-refractivity contribution in [2.75, 3.05) is 0 Å². The Balaban J connectivity index is 1.52. The number of fused-ring (bicyclic) bond motifs is 2. The predicted molar refractivity (Wildman–Crippen MR) is 125 cm³/mol. The Hall–Kier alpha value is -3.43. The molecule has 0 saturated carbocycles. The second-order valence-electron chi connectivity index (χ2n) is 8.60. The van der Waals surface area contributed by atoms with E-state index in [0.29, 0.717) is 22.6 Å². The van der Waals surface area contributed by atoms with Crippen molar-refractivity contribution < 1.29 is 9.59 Å². The van der Waals surface area contributed by atoms with E-state index in [1.807, 2.05) is 66.7 Å². The Morgan fingerprint density at radius 3 is 2.16 bits per heavy atom. The SMILES string of the molecule is O=C1C[C@H](c2ccccc2)CC2=C1[C@H](c1ccc(Cl)cc1)C1=C(N2)c2ccccc2C1=O. The summed E-state index contributed by atoms with van der Waals surface area (Å²) in [7, 11) is 0. The fraction of sp³-hybridized carbons (Fsp3) is 0.143. The zero-order valence-electron chi connectivity index (χ0n) is 17.3. The molecule has 3 aromatic carbocycles. The van der Waals surface area contributed by atoms with Gasteiger partial charge in [-0.05, 0) is 35.6 Å². The van der Waals surface area contributed by atoms with E-state index in [1.165, 1.54) is 5.56 Å². The number of Topliss-reactive ketones (excluding diaryl/α,β-unsaturated/α-hetero) is 2. The second kappa shape index (κ2) is 7.32. The van der Waals surface area contributed by atoms with Crippen LogP contribution in [0.1, 0.15) is 51.7 Å². The first-order valence-corrected chi connectivity index (χ1v) is 11.2. The smallest absolute Gasteiger partial charge is 0.192 e. The number of hydrogen-bond donors (Lipinski definition) is 1. The van der Waals surface area contributed by atoms with E-state index in [-0.39, 0.29) is 23.4 Å². The molecule has 1 heterocycles. The minimum atomic E-state index is -0.386. The van der Waals surface area contributed by atoms with Gasteiger partial charge >= 0.3 is 0 Å². The van der Waals surface area contributed by atoms with Gasteiger partial charge in [0.15, 0.2) is 11.6 Å². The molecule has 0 bridgehead atoms. The van der Waals surface area contributed by atoms with Crippen molar-refractivity contribution in [1.29, 1.82) is 0 Å². The number of ketones is 2. The predicted octanol–water partition coefficient (Wildman–Crippen LogP) is 6.04. The molecule has 3 aromatic rings. The summed E-state index contributed by atoms with van der Waals surface area (Å²) in [6, 6.07) is 25.4. The maximum Gasteiger partial charge on any atom is 0.192 e. The molecule has 0 spiro atoms. The van der Waals surface area contributed by atoms with E-state index >= 15 is 0 Å². The molecule has 2 aliphatic carbocycles. The van der Waals surface area contributed by atoms with Crippen molar-refractivity contribution >= 4 is 28.9 Å². The number of carbonyl (C=O) groups excluding carboxylic acids is 2. The third-order valence-corrected chi connectivity index (χ3v) is 7.04. The Morgan fingerprint density at radius 2 is 1.41 bits per heavy atom. The lowest BCUT2D eigenvalue weighted by molar-refractivity contribution is -0.116. The number of allylic oxidation sites excluding steroid dienone is 3. The van der Waals surface area contributed by atoms with Crippen molar-refractivity contribution in [1.82, 2.24) is 5.32 Å². The van der Waals surface area contributed by atoms with Gasteiger partial charge in [0.2, 0.25) is 0 Å². The Kier molecular flexibility index (Phi) is 4.41. The van der Waals surface area contributed by atoms with Crippen LogP contribution < -0.4 is 5.32 Å². The molecule has 1 N–H and O–H groups in total. The molecule has 0 saturated heterocycles. The highest BCUT2D eigenvalue weighted by molar-refractivity contribution is 6.30. The molecule has 0 amide bonds. The molecule has 3 aliphatic rings. The maximum atomic E-state index is 13.6. The fourth-order valence-electron chi connectivity index (χ4n) is 5.34. The molecule has 0 aromatic heterocycles. The highest BCUT2D eigenvalue weighted by Gasteiger charge is 2.45. The van der Waals surface area contributed by atoms with Crippen molar-refractivity contribution in [2.24, 2.45) is 0 Å². The van der Waals surface area contributed by atoms with Gasteiger partial charge in [-0.2, -0.15) is 0 Å². The summed E-state index contributed by atoms with van der Waals surface area (Å²) in [5, 5.41) is 4.17. The molecule has 32 heavy (non-hydrogen) atoms. The first-order chi connectivity index (χ1) is 15.6. The fourth-order valence-corrected chi connectivity index (χ4v) is 5.47. The summed E-state index contributed by atoms with van der Waals surface area (Å²) in [6.07, 6.45) is 1.18. The first-order valence-electron chi connectivity index (χ1n) is 10.8. The topological polar surface area (TPSA) is 46.2 Å². The Bertz CT molecular complexity index is 1340. The molecule has 2 atom stereocenters. The van der Waals surface area contributed by atoms with Gasteiger partial charge in [0.1, 0.15) is 0 Å². The van der Waals surface area contributed by atoms with Gasteiger partial charge in [0.05, 0.1) is 5.70 Å². The molecule has 0 unspecified atom stereocenters. The van der Waals surface area contributed by atoms with Crippen LogP contribution in [0.15, 0.2) is 95.7 Å². The molecule has 156 valence electrons. The lowest BCUT2D eigenvalue weighted by Crippen LogP contribution is -2.33. The molecule has 1 aliphatic heterocycles. The minimum absolute atomic E-state index is 0.00687.